The quantitative estimate of drug-likeness (QED) is 0.731. The van der Waals surface area contributed by atoms with Gasteiger partial charge in [-0.3, -0.25) is 15.0 Å². The van der Waals surface area contributed by atoms with E-state index in [1.807, 2.05) is 23.1 Å². The van der Waals surface area contributed by atoms with Crippen LogP contribution in [0.5, 0.6) is 0 Å². The van der Waals surface area contributed by atoms with Gasteiger partial charge in [0.1, 0.15) is 0 Å². The van der Waals surface area contributed by atoms with Gasteiger partial charge < -0.3 is 15.3 Å². The van der Waals surface area contributed by atoms with Gasteiger partial charge in [0.15, 0.2) is 6.35 Å². The number of fused-ring (bicyclic) bond motifs is 1. The van der Waals surface area contributed by atoms with Crippen molar-refractivity contribution in [2.75, 3.05) is 30.9 Å². The summed E-state index contributed by atoms with van der Waals surface area (Å²) in [4.78, 5) is 16.3. The fourth-order valence-electron chi connectivity index (χ4n) is 5.72. The molecular weight excluding hydrogens is 376 g/mol. The SMILES string of the molecule is CN(C)C1(c2ccccc2)CCC2(CC1)CN(c1cccc3c1CC(=O)N3)C(O)N2. The highest BCUT2D eigenvalue weighted by Gasteiger charge is 2.50. The number of nitrogens with one attached hydrogen (secondary N) is 2. The molecule has 30 heavy (non-hydrogen) atoms. The highest BCUT2D eigenvalue weighted by atomic mass is 16.3. The number of carbonyl (C=O) groups excluding carboxylic acids is 1. The third-order valence-electron chi connectivity index (χ3n) is 7.48. The molecule has 1 saturated heterocycles. The van der Waals surface area contributed by atoms with Crippen LogP contribution in [0.2, 0.25) is 0 Å². The summed E-state index contributed by atoms with van der Waals surface area (Å²) in [6.45, 7) is 0.747. The Hall–Kier alpha value is -2.41. The summed E-state index contributed by atoms with van der Waals surface area (Å²) in [6.07, 6.45) is 3.67. The van der Waals surface area contributed by atoms with Crippen molar-refractivity contribution in [3.05, 3.63) is 59.7 Å². The van der Waals surface area contributed by atoms with E-state index in [1.54, 1.807) is 0 Å². The Morgan fingerprint density at radius 2 is 1.77 bits per heavy atom. The van der Waals surface area contributed by atoms with Crippen LogP contribution >= 0.6 is 0 Å². The Morgan fingerprint density at radius 3 is 2.47 bits per heavy atom. The second kappa shape index (κ2) is 7.08. The molecule has 0 bridgehead atoms. The van der Waals surface area contributed by atoms with Crippen molar-refractivity contribution in [2.45, 2.75) is 49.5 Å². The minimum absolute atomic E-state index is 0.0186. The number of anilines is 2. The molecule has 3 N–H and O–H groups in total. The molecule has 1 amide bonds. The van der Waals surface area contributed by atoms with E-state index in [4.69, 9.17) is 0 Å². The van der Waals surface area contributed by atoms with E-state index in [2.05, 4.69) is 60.0 Å². The van der Waals surface area contributed by atoms with E-state index >= 15 is 0 Å². The minimum atomic E-state index is -0.740. The summed E-state index contributed by atoms with van der Waals surface area (Å²) in [5, 5.41) is 17.3. The molecule has 1 atom stereocenters. The maximum atomic E-state index is 11.9. The second-order valence-electron chi connectivity index (χ2n) is 9.25. The molecule has 1 aliphatic carbocycles. The minimum Gasteiger partial charge on any atom is -0.361 e. The van der Waals surface area contributed by atoms with Crippen molar-refractivity contribution in [2.24, 2.45) is 0 Å². The lowest BCUT2D eigenvalue weighted by Crippen LogP contribution is -2.54. The van der Waals surface area contributed by atoms with Crippen molar-refractivity contribution >= 4 is 17.3 Å². The van der Waals surface area contributed by atoms with E-state index in [0.717, 1.165) is 49.2 Å². The van der Waals surface area contributed by atoms with Crippen LogP contribution in [0.25, 0.3) is 0 Å². The third kappa shape index (κ3) is 3.02. The maximum absolute atomic E-state index is 11.9. The van der Waals surface area contributed by atoms with Gasteiger partial charge in [0.05, 0.1) is 6.42 Å². The summed E-state index contributed by atoms with van der Waals surface area (Å²) in [6, 6.07) is 16.7. The van der Waals surface area contributed by atoms with Gasteiger partial charge in [-0.1, -0.05) is 36.4 Å². The first-order valence-corrected chi connectivity index (χ1v) is 10.8. The number of rotatable bonds is 3. The van der Waals surface area contributed by atoms with Crippen molar-refractivity contribution in [1.29, 1.82) is 0 Å². The molecule has 1 saturated carbocycles. The Bertz CT molecular complexity index is 951. The Kier molecular flexibility index (Phi) is 4.61. The van der Waals surface area contributed by atoms with Crippen LogP contribution in [0, 0.1) is 0 Å². The zero-order chi connectivity index (χ0) is 20.9. The monoisotopic (exact) mass is 406 g/mol. The molecule has 2 aromatic rings. The largest absolute Gasteiger partial charge is 0.361 e. The van der Waals surface area contributed by atoms with Gasteiger partial charge in [0.25, 0.3) is 0 Å². The van der Waals surface area contributed by atoms with Crippen molar-refractivity contribution in [1.82, 2.24) is 10.2 Å². The third-order valence-corrected chi connectivity index (χ3v) is 7.48. The number of benzene rings is 2. The predicted molar refractivity (Wildman–Crippen MR) is 118 cm³/mol. The van der Waals surface area contributed by atoms with Crippen LogP contribution in [0.15, 0.2) is 48.5 Å². The lowest BCUT2D eigenvalue weighted by molar-refractivity contribution is -0.115. The number of aliphatic hydroxyl groups is 1. The van der Waals surface area contributed by atoms with Gasteiger partial charge in [0, 0.05) is 34.6 Å². The topological polar surface area (TPSA) is 67.8 Å². The van der Waals surface area contributed by atoms with E-state index in [-0.39, 0.29) is 17.0 Å². The number of hydrogen-bond acceptors (Lipinski definition) is 5. The summed E-state index contributed by atoms with van der Waals surface area (Å²) < 4.78 is 0. The van der Waals surface area contributed by atoms with Crippen LogP contribution < -0.4 is 15.5 Å². The first-order valence-electron chi connectivity index (χ1n) is 10.8. The van der Waals surface area contributed by atoms with Crippen LogP contribution in [-0.4, -0.2) is 48.4 Å². The number of amides is 1. The van der Waals surface area contributed by atoms with Crippen LogP contribution in [-0.2, 0) is 16.8 Å². The van der Waals surface area contributed by atoms with Gasteiger partial charge in [-0.25, -0.2) is 0 Å². The van der Waals surface area contributed by atoms with Gasteiger partial charge in [-0.05, 0) is 57.5 Å². The maximum Gasteiger partial charge on any atom is 0.228 e. The van der Waals surface area contributed by atoms with E-state index in [0.29, 0.717) is 6.42 Å². The standard InChI is InChI=1S/C24H30N4O2/c1-27(2)24(17-7-4-3-5-8-17)13-11-23(12-14-24)16-28(22(30)26-23)20-10-6-9-19-18(20)15-21(29)25-19/h3-10,22,26,30H,11-16H2,1-2H3,(H,25,29). The first kappa shape index (κ1) is 19.5. The molecule has 2 heterocycles. The molecule has 0 radical (unpaired) electrons. The van der Waals surface area contributed by atoms with Crippen molar-refractivity contribution in [3.63, 3.8) is 0 Å². The van der Waals surface area contributed by atoms with E-state index < -0.39 is 6.35 Å². The van der Waals surface area contributed by atoms with Crippen LogP contribution in [0.1, 0.15) is 36.8 Å². The summed E-state index contributed by atoms with van der Waals surface area (Å²) in [7, 11) is 4.34. The van der Waals surface area contributed by atoms with E-state index in [1.165, 1.54) is 5.56 Å². The lowest BCUT2D eigenvalue weighted by atomic mass is 9.69. The molecule has 1 spiro atoms. The van der Waals surface area contributed by atoms with Crippen LogP contribution in [0.3, 0.4) is 0 Å². The Morgan fingerprint density at radius 1 is 1.03 bits per heavy atom. The molecule has 2 aromatic carbocycles. The summed E-state index contributed by atoms with van der Waals surface area (Å²) >= 11 is 0. The van der Waals surface area contributed by atoms with Gasteiger partial charge >= 0.3 is 0 Å². The highest BCUT2D eigenvalue weighted by Crippen LogP contribution is 2.47. The van der Waals surface area contributed by atoms with Gasteiger partial charge in [-0.2, -0.15) is 0 Å². The number of aliphatic hydroxyl groups excluding tert-OH is 1. The molecule has 5 rings (SSSR count). The number of hydrogen-bond donors (Lipinski definition) is 3. The fourth-order valence-corrected chi connectivity index (χ4v) is 5.72. The van der Waals surface area contributed by atoms with Gasteiger partial charge in [-0.15, -0.1) is 0 Å². The smallest absolute Gasteiger partial charge is 0.228 e. The molecule has 158 valence electrons. The number of carbonyl (C=O) groups is 1. The van der Waals surface area contributed by atoms with E-state index in [9.17, 15) is 9.90 Å². The fraction of sp³-hybridized carbons (Fsp3) is 0.458. The molecule has 2 aliphatic heterocycles. The molecule has 3 aliphatic rings. The molecule has 2 fully saturated rings. The first-order chi connectivity index (χ1) is 14.4. The van der Waals surface area contributed by atoms with Crippen molar-refractivity contribution < 1.29 is 9.90 Å². The average Bonchev–Trinajstić information content (AvgIpc) is 3.28. The second-order valence-corrected chi connectivity index (χ2v) is 9.25. The number of nitrogens with zero attached hydrogens (tertiary/aromatic N) is 2. The van der Waals surface area contributed by atoms with Gasteiger partial charge in [0.2, 0.25) is 5.91 Å². The summed E-state index contributed by atoms with van der Waals surface area (Å²) in [5.41, 5.74) is 4.08. The van der Waals surface area contributed by atoms with Crippen molar-refractivity contribution in [3.8, 4) is 0 Å². The lowest BCUT2D eigenvalue weighted by Gasteiger charge is -2.49. The highest BCUT2D eigenvalue weighted by molar-refractivity contribution is 6.01. The molecule has 1 unspecified atom stereocenters. The predicted octanol–water partition coefficient (Wildman–Crippen LogP) is 2.64. The average molecular weight is 407 g/mol. The zero-order valence-corrected chi connectivity index (χ0v) is 17.7. The molecule has 0 aromatic heterocycles. The molecule has 6 nitrogen and oxygen atoms in total. The normalized spacial score (nSPS) is 30.7. The zero-order valence-electron chi connectivity index (χ0n) is 17.7. The Balaban J connectivity index is 1.39. The molecule has 6 heteroatoms. The summed E-state index contributed by atoms with van der Waals surface area (Å²) in [5.74, 6) is 0.0186. The molecular formula is C24H30N4O2. The Labute approximate surface area is 177 Å². The van der Waals surface area contributed by atoms with Crippen LogP contribution in [0.4, 0.5) is 11.4 Å².